The minimum Gasteiger partial charge on any atom is -0.491 e. The summed E-state index contributed by atoms with van der Waals surface area (Å²) in [4.78, 5) is 1.27. The Kier molecular flexibility index (Phi) is 6.17. The van der Waals surface area contributed by atoms with Crippen molar-refractivity contribution in [3.63, 3.8) is 0 Å². The quantitative estimate of drug-likeness (QED) is 0.785. The molecule has 0 saturated heterocycles. The average molecular weight is 309 g/mol. The van der Waals surface area contributed by atoms with E-state index >= 15 is 0 Å². The standard InChI is InChI=1S/C16H20FNO2S/c1-2-15(16-4-3-9-21-16)18-10-13(19)11-20-14-7-5-12(17)6-8-14/h3-9,13,15,18-19H,2,10-11H2,1H3. The van der Waals surface area contributed by atoms with Crippen LogP contribution in [0.15, 0.2) is 41.8 Å². The van der Waals surface area contributed by atoms with E-state index in [9.17, 15) is 9.50 Å². The molecule has 0 amide bonds. The van der Waals surface area contributed by atoms with Gasteiger partial charge in [0.05, 0.1) is 0 Å². The van der Waals surface area contributed by atoms with Crippen LogP contribution in [0.5, 0.6) is 5.75 Å². The number of benzene rings is 1. The molecule has 2 N–H and O–H groups in total. The molecule has 0 spiro atoms. The summed E-state index contributed by atoms with van der Waals surface area (Å²) in [6.45, 7) is 2.75. The average Bonchev–Trinajstić information content (AvgIpc) is 3.01. The van der Waals surface area contributed by atoms with Crippen LogP contribution in [0.1, 0.15) is 24.3 Å². The summed E-state index contributed by atoms with van der Waals surface area (Å²) in [6, 6.07) is 10.1. The maximum absolute atomic E-state index is 12.8. The SMILES string of the molecule is CCC(NCC(O)COc1ccc(F)cc1)c1cccs1. The topological polar surface area (TPSA) is 41.5 Å². The molecule has 1 heterocycles. The highest BCUT2D eigenvalue weighted by atomic mass is 32.1. The predicted octanol–water partition coefficient (Wildman–Crippen LogP) is 3.37. The molecule has 2 aromatic rings. The van der Waals surface area contributed by atoms with Gasteiger partial charge in [0, 0.05) is 17.5 Å². The van der Waals surface area contributed by atoms with Crippen molar-refractivity contribution < 1.29 is 14.2 Å². The zero-order valence-electron chi connectivity index (χ0n) is 12.0. The van der Waals surface area contributed by atoms with Crippen molar-refractivity contribution in [3.8, 4) is 5.75 Å². The van der Waals surface area contributed by atoms with Crippen LogP contribution in [0.2, 0.25) is 0 Å². The van der Waals surface area contributed by atoms with Crippen LogP contribution >= 0.6 is 11.3 Å². The molecule has 1 aromatic heterocycles. The lowest BCUT2D eigenvalue weighted by atomic mass is 10.2. The molecule has 2 rings (SSSR count). The lowest BCUT2D eigenvalue weighted by Crippen LogP contribution is -2.33. The van der Waals surface area contributed by atoms with Gasteiger partial charge in [-0.2, -0.15) is 0 Å². The van der Waals surface area contributed by atoms with Crippen LogP contribution in [0.3, 0.4) is 0 Å². The Morgan fingerprint density at radius 1 is 1.29 bits per heavy atom. The van der Waals surface area contributed by atoms with Crippen molar-refractivity contribution in [3.05, 3.63) is 52.5 Å². The second-order valence-corrected chi connectivity index (χ2v) is 5.78. The van der Waals surface area contributed by atoms with E-state index in [1.54, 1.807) is 23.5 Å². The fourth-order valence-corrected chi connectivity index (χ4v) is 2.88. The third kappa shape index (κ3) is 5.12. The number of thiophene rings is 1. The molecule has 2 unspecified atom stereocenters. The molecule has 0 aliphatic heterocycles. The first-order valence-corrected chi connectivity index (χ1v) is 7.90. The monoisotopic (exact) mass is 309 g/mol. The highest BCUT2D eigenvalue weighted by Gasteiger charge is 2.12. The molecule has 21 heavy (non-hydrogen) atoms. The number of aliphatic hydroxyl groups excluding tert-OH is 1. The van der Waals surface area contributed by atoms with Crippen molar-refractivity contribution in [1.82, 2.24) is 5.32 Å². The van der Waals surface area contributed by atoms with Gasteiger partial charge in [-0.1, -0.05) is 13.0 Å². The molecule has 5 heteroatoms. The first-order chi connectivity index (χ1) is 10.2. The van der Waals surface area contributed by atoms with Crippen LogP contribution in [0, 0.1) is 5.82 Å². The Labute approximate surface area is 128 Å². The zero-order valence-corrected chi connectivity index (χ0v) is 12.8. The maximum Gasteiger partial charge on any atom is 0.123 e. The molecular formula is C16H20FNO2S. The number of hydrogen-bond donors (Lipinski definition) is 2. The molecule has 0 saturated carbocycles. The fourth-order valence-electron chi connectivity index (χ4n) is 2.00. The Balaban J connectivity index is 1.74. The van der Waals surface area contributed by atoms with Gasteiger partial charge < -0.3 is 15.2 Å². The number of halogens is 1. The largest absolute Gasteiger partial charge is 0.491 e. The second kappa shape index (κ2) is 8.12. The molecule has 0 aliphatic rings. The van der Waals surface area contributed by atoms with Gasteiger partial charge in [-0.3, -0.25) is 0 Å². The van der Waals surface area contributed by atoms with E-state index in [0.29, 0.717) is 12.3 Å². The Hall–Kier alpha value is -1.43. The van der Waals surface area contributed by atoms with E-state index in [2.05, 4.69) is 18.3 Å². The summed E-state index contributed by atoms with van der Waals surface area (Å²) >= 11 is 1.71. The van der Waals surface area contributed by atoms with Crippen molar-refractivity contribution in [2.24, 2.45) is 0 Å². The smallest absolute Gasteiger partial charge is 0.123 e. The minimum absolute atomic E-state index is 0.180. The Morgan fingerprint density at radius 3 is 2.67 bits per heavy atom. The third-order valence-corrected chi connectivity index (χ3v) is 4.14. The van der Waals surface area contributed by atoms with Gasteiger partial charge in [-0.05, 0) is 42.1 Å². The first-order valence-electron chi connectivity index (χ1n) is 7.02. The van der Waals surface area contributed by atoms with Gasteiger partial charge in [0.15, 0.2) is 0 Å². The number of nitrogens with one attached hydrogen (secondary N) is 1. The summed E-state index contributed by atoms with van der Waals surface area (Å²) in [5.41, 5.74) is 0. The molecular weight excluding hydrogens is 289 g/mol. The highest BCUT2D eigenvalue weighted by Crippen LogP contribution is 2.21. The summed E-state index contributed by atoms with van der Waals surface area (Å²) < 4.78 is 18.2. The van der Waals surface area contributed by atoms with Crippen LogP contribution in [0.25, 0.3) is 0 Å². The number of rotatable bonds is 8. The number of ether oxygens (including phenoxy) is 1. The minimum atomic E-state index is -0.607. The molecule has 1 aromatic carbocycles. The number of aliphatic hydroxyl groups is 1. The molecule has 114 valence electrons. The normalized spacial score (nSPS) is 13.9. The van der Waals surface area contributed by atoms with Crippen LogP contribution in [0.4, 0.5) is 4.39 Å². The summed E-state index contributed by atoms with van der Waals surface area (Å²) in [5.74, 6) is 0.257. The first kappa shape index (κ1) is 15.9. The van der Waals surface area contributed by atoms with Crippen LogP contribution < -0.4 is 10.1 Å². The molecule has 0 bridgehead atoms. The Morgan fingerprint density at radius 2 is 2.05 bits per heavy atom. The third-order valence-electron chi connectivity index (χ3n) is 3.15. The summed E-state index contributed by atoms with van der Waals surface area (Å²) in [5, 5.41) is 15.3. The molecule has 0 radical (unpaired) electrons. The lowest BCUT2D eigenvalue weighted by molar-refractivity contribution is 0.103. The van der Waals surface area contributed by atoms with Crippen molar-refractivity contribution in [1.29, 1.82) is 0 Å². The summed E-state index contributed by atoms with van der Waals surface area (Å²) in [7, 11) is 0. The summed E-state index contributed by atoms with van der Waals surface area (Å²) in [6.07, 6.45) is 0.357. The fraction of sp³-hybridized carbons (Fsp3) is 0.375. The highest BCUT2D eigenvalue weighted by molar-refractivity contribution is 7.10. The molecule has 0 aliphatic carbocycles. The molecule has 2 atom stereocenters. The van der Waals surface area contributed by atoms with E-state index in [1.165, 1.54) is 17.0 Å². The van der Waals surface area contributed by atoms with Crippen LogP contribution in [-0.2, 0) is 0 Å². The van der Waals surface area contributed by atoms with Gasteiger partial charge in [-0.15, -0.1) is 11.3 Å². The Bertz CT molecular complexity index is 516. The maximum atomic E-state index is 12.8. The van der Waals surface area contributed by atoms with E-state index < -0.39 is 6.10 Å². The number of hydrogen-bond acceptors (Lipinski definition) is 4. The molecule has 3 nitrogen and oxygen atoms in total. The van der Waals surface area contributed by atoms with Crippen LogP contribution in [-0.4, -0.2) is 24.4 Å². The van der Waals surface area contributed by atoms with E-state index in [-0.39, 0.29) is 18.5 Å². The van der Waals surface area contributed by atoms with Crippen molar-refractivity contribution >= 4 is 11.3 Å². The van der Waals surface area contributed by atoms with Gasteiger partial charge in [0.25, 0.3) is 0 Å². The van der Waals surface area contributed by atoms with E-state index in [1.807, 2.05) is 11.4 Å². The lowest BCUT2D eigenvalue weighted by Gasteiger charge is -2.18. The second-order valence-electron chi connectivity index (χ2n) is 4.80. The van der Waals surface area contributed by atoms with Gasteiger partial charge in [0.1, 0.15) is 24.3 Å². The van der Waals surface area contributed by atoms with Crippen molar-refractivity contribution in [2.75, 3.05) is 13.2 Å². The van der Waals surface area contributed by atoms with E-state index in [4.69, 9.17) is 4.74 Å². The predicted molar refractivity (Wildman–Crippen MR) is 83.3 cm³/mol. The van der Waals surface area contributed by atoms with E-state index in [0.717, 1.165) is 6.42 Å². The molecule has 0 fully saturated rings. The van der Waals surface area contributed by atoms with Gasteiger partial charge in [0.2, 0.25) is 0 Å². The van der Waals surface area contributed by atoms with Crippen molar-refractivity contribution in [2.45, 2.75) is 25.5 Å². The zero-order chi connectivity index (χ0) is 15.1. The van der Waals surface area contributed by atoms with Gasteiger partial charge in [-0.25, -0.2) is 4.39 Å². The van der Waals surface area contributed by atoms with Gasteiger partial charge >= 0.3 is 0 Å².